The SMILES string of the molecule is [2H]C([2H])([2H])C(C(=O)O)c1ccc2oc(-c3ccc(Cl)cc3)nc2c1. The number of hydrogen-bond acceptors (Lipinski definition) is 3. The summed E-state index contributed by atoms with van der Waals surface area (Å²) in [5.41, 5.74) is 1.71. The second kappa shape index (κ2) is 5.22. The zero-order chi connectivity index (χ0) is 17.5. The van der Waals surface area contributed by atoms with E-state index in [1.54, 1.807) is 24.3 Å². The number of benzene rings is 2. The molecule has 21 heavy (non-hydrogen) atoms. The van der Waals surface area contributed by atoms with Crippen molar-refractivity contribution in [2.24, 2.45) is 0 Å². The molecule has 5 heteroatoms. The predicted molar refractivity (Wildman–Crippen MR) is 80.5 cm³/mol. The molecule has 1 aromatic heterocycles. The van der Waals surface area contributed by atoms with E-state index < -0.39 is 18.7 Å². The first-order valence-corrected chi connectivity index (χ1v) is 6.53. The molecule has 1 unspecified atom stereocenters. The Kier molecular flexibility index (Phi) is 2.59. The van der Waals surface area contributed by atoms with E-state index in [1.165, 1.54) is 18.2 Å². The molecule has 0 aliphatic heterocycles. The largest absolute Gasteiger partial charge is 0.481 e. The van der Waals surface area contributed by atoms with Gasteiger partial charge in [-0.05, 0) is 48.8 Å². The van der Waals surface area contributed by atoms with Crippen LogP contribution in [-0.2, 0) is 4.79 Å². The number of carboxylic acids is 1. The molecule has 4 nitrogen and oxygen atoms in total. The molecular weight excluding hydrogens is 290 g/mol. The Hall–Kier alpha value is -2.33. The summed E-state index contributed by atoms with van der Waals surface area (Å²) >= 11 is 5.85. The van der Waals surface area contributed by atoms with Crippen LogP contribution < -0.4 is 0 Å². The highest BCUT2D eigenvalue weighted by Crippen LogP contribution is 2.27. The molecule has 2 aromatic carbocycles. The number of fused-ring (bicyclic) bond motifs is 1. The van der Waals surface area contributed by atoms with Gasteiger partial charge in [-0.3, -0.25) is 4.79 Å². The van der Waals surface area contributed by atoms with E-state index in [0.29, 0.717) is 27.6 Å². The van der Waals surface area contributed by atoms with Gasteiger partial charge in [0.25, 0.3) is 0 Å². The quantitative estimate of drug-likeness (QED) is 0.782. The molecule has 1 N–H and O–H groups in total. The first kappa shape index (κ1) is 10.4. The fraction of sp³-hybridized carbons (Fsp3) is 0.125. The van der Waals surface area contributed by atoms with Crippen LogP contribution in [0.5, 0.6) is 0 Å². The Bertz CT molecular complexity index is 903. The van der Waals surface area contributed by atoms with Crippen molar-refractivity contribution < 1.29 is 18.4 Å². The van der Waals surface area contributed by atoms with Gasteiger partial charge in [0.15, 0.2) is 5.58 Å². The van der Waals surface area contributed by atoms with Gasteiger partial charge in [0.2, 0.25) is 5.89 Å². The van der Waals surface area contributed by atoms with Crippen molar-refractivity contribution in [3.8, 4) is 11.5 Å². The highest BCUT2D eigenvalue weighted by atomic mass is 35.5. The fourth-order valence-electron chi connectivity index (χ4n) is 1.98. The van der Waals surface area contributed by atoms with E-state index >= 15 is 0 Å². The molecule has 0 bridgehead atoms. The minimum absolute atomic E-state index is 0.158. The monoisotopic (exact) mass is 304 g/mol. The third kappa shape index (κ3) is 2.62. The van der Waals surface area contributed by atoms with Crippen LogP contribution in [0.15, 0.2) is 46.9 Å². The molecule has 3 rings (SSSR count). The lowest BCUT2D eigenvalue weighted by Crippen LogP contribution is -2.06. The van der Waals surface area contributed by atoms with E-state index in [4.69, 9.17) is 20.1 Å². The van der Waals surface area contributed by atoms with Crippen molar-refractivity contribution in [1.82, 2.24) is 4.98 Å². The maximum absolute atomic E-state index is 11.3. The maximum atomic E-state index is 11.3. The summed E-state index contributed by atoms with van der Waals surface area (Å²) in [7, 11) is 0. The molecule has 3 aromatic rings. The lowest BCUT2D eigenvalue weighted by atomic mass is 10.0. The summed E-state index contributed by atoms with van der Waals surface area (Å²) < 4.78 is 27.9. The van der Waals surface area contributed by atoms with Gasteiger partial charge in [-0.25, -0.2) is 4.98 Å². The molecule has 0 aliphatic carbocycles. The van der Waals surface area contributed by atoms with Gasteiger partial charge in [0.05, 0.1) is 5.92 Å². The highest BCUT2D eigenvalue weighted by molar-refractivity contribution is 6.30. The highest BCUT2D eigenvalue weighted by Gasteiger charge is 2.16. The zero-order valence-electron chi connectivity index (χ0n) is 13.7. The number of hydrogen-bond donors (Lipinski definition) is 1. The first-order chi connectivity index (χ1) is 11.3. The van der Waals surface area contributed by atoms with Gasteiger partial charge in [-0.15, -0.1) is 0 Å². The standard InChI is InChI=1S/C16H12ClNO3/c1-9(16(19)20)11-4-7-14-13(8-11)18-15(21-14)10-2-5-12(17)6-3-10/h2-9H,1H3,(H,19,20)/i1D3. The van der Waals surface area contributed by atoms with Crippen molar-refractivity contribution in [1.29, 1.82) is 0 Å². The Morgan fingerprint density at radius 1 is 1.33 bits per heavy atom. The summed E-state index contributed by atoms with van der Waals surface area (Å²) in [5, 5.41) is 9.81. The molecule has 0 saturated heterocycles. The van der Waals surface area contributed by atoms with E-state index in [2.05, 4.69) is 4.98 Å². The average molecular weight is 305 g/mol. The lowest BCUT2D eigenvalue weighted by Gasteiger charge is -2.04. The van der Waals surface area contributed by atoms with Crippen LogP contribution in [0.1, 0.15) is 22.4 Å². The number of rotatable bonds is 3. The number of aliphatic carboxylic acids is 1. The van der Waals surface area contributed by atoms with Crippen LogP contribution in [0.3, 0.4) is 0 Å². The van der Waals surface area contributed by atoms with Crippen molar-refractivity contribution in [2.75, 3.05) is 0 Å². The van der Waals surface area contributed by atoms with Crippen LogP contribution in [0, 0.1) is 0 Å². The zero-order valence-corrected chi connectivity index (χ0v) is 11.5. The maximum Gasteiger partial charge on any atom is 0.310 e. The van der Waals surface area contributed by atoms with Gasteiger partial charge in [0, 0.05) is 14.7 Å². The van der Waals surface area contributed by atoms with E-state index in [9.17, 15) is 9.90 Å². The smallest absolute Gasteiger partial charge is 0.310 e. The summed E-state index contributed by atoms with van der Waals surface area (Å²) in [4.78, 5) is 15.6. The third-order valence-corrected chi connectivity index (χ3v) is 3.34. The Morgan fingerprint density at radius 2 is 2.10 bits per heavy atom. The lowest BCUT2D eigenvalue weighted by molar-refractivity contribution is -0.138. The van der Waals surface area contributed by atoms with Crippen molar-refractivity contribution >= 4 is 28.7 Å². The van der Waals surface area contributed by atoms with Crippen LogP contribution >= 0.6 is 11.6 Å². The molecule has 0 saturated carbocycles. The second-order valence-electron chi connectivity index (χ2n) is 4.52. The predicted octanol–water partition coefficient (Wildman–Crippen LogP) is 4.34. The van der Waals surface area contributed by atoms with Gasteiger partial charge in [-0.2, -0.15) is 0 Å². The number of aromatic nitrogens is 1. The van der Waals surface area contributed by atoms with Crippen molar-refractivity contribution in [3.05, 3.63) is 53.1 Å². The normalized spacial score (nSPS) is 15.2. The second-order valence-corrected chi connectivity index (χ2v) is 4.96. The van der Waals surface area contributed by atoms with E-state index in [0.717, 1.165) is 0 Å². The molecule has 0 amide bonds. The molecule has 1 heterocycles. The minimum atomic E-state index is -2.65. The molecule has 1 atom stereocenters. The number of halogens is 1. The Morgan fingerprint density at radius 3 is 2.76 bits per heavy atom. The summed E-state index contributed by atoms with van der Waals surface area (Å²) in [6, 6.07) is 11.3. The van der Waals surface area contributed by atoms with Crippen molar-refractivity contribution in [2.45, 2.75) is 12.8 Å². The summed E-state index contributed by atoms with van der Waals surface area (Å²) in [6.45, 7) is -2.65. The van der Waals surface area contributed by atoms with Gasteiger partial charge in [0.1, 0.15) is 5.52 Å². The Balaban J connectivity index is 2.06. The van der Waals surface area contributed by atoms with Gasteiger partial charge >= 0.3 is 5.97 Å². The van der Waals surface area contributed by atoms with Gasteiger partial charge < -0.3 is 9.52 Å². The van der Waals surface area contributed by atoms with Crippen LogP contribution in [0.25, 0.3) is 22.6 Å². The number of carboxylic acid groups (broad SMARTS) is 1. The third-order valence-electron chi connectivity index (χ3n) is 3.08. The molecule has 0 aliphatic rings. The molecule has 0 fully saturated rings. The van der Waals surface area contributed by atoms with Crippen LogP contribution in [0.4, 0.5) is 0 Å². The first-order valence-electron chi connectivity index (χ1n) is 7.65. The fourth-order valence-corrected chi connectivity index (χ4v) is 2.11. The van der Waals surface area contributed by atoms with E-state index in [1.807, 2.05) is 0 Å². The summed E-state index contributed by atoms with van der Waals surface area (Å²) in [6.07, 6.45) is 0. The van der Waals surface area contributed by atoms with Crippen molar-refractivity contribution in [3.63, 3.8) is 0 Å². The van der Waals surface area contributed by atoms with Crippen LogP contribution in [-0.4, -0.2) is 16.1 Å². The number of nitrogens with zero attached hydrogens (tertiary/aromatic N) is 1. The van der Waals surface area contributed by atoms with E-state index in [-0.39, 0.29) is 5.56 Å². The van der Waals surface area contributed by atoms with Gasteiger partial charge in [-0.1, -0.05) is 17.7 Å². The number of carbonyl (C=O) groups is 1. The minimum Gasteiger partial charge on any atom is -0.481 e. The molecular formula is C16H12ClNO3. The molecule has 0 spiro atoms. The Labute approximate surface area is 130 Å². The average Bonchev–Trinajstić information content (AvgIpc) is 2.89. The summed E-state index contributed by atoms with van der Waals surface area (Å²) in [5.74, 6) is -2.67. The topological polar surface area (TPSA) is 63.3 Å². The van der Waals surface area contributed by atoms with Crippen LogP contribution in [0.2, 0.25) is 5.02 Å². The number of oxazole rings is 1. The molecule has 106 valence electrons. The molecule has 0 radical (unpaired) electrons.